The molecular formula is C5H10O5S3. The Kier molecular flexibility index (Phi) is 3.26. The first-order chi connectivity index (χ1) is 5.85. The molecule has 1 fully saturated rings. The highest BCUT2D eigenvalue weighted by molar-refractivity contribution is 8.70. The molecule has 1 rings (SSSR count). The number of sulfone groups is 1. The van der Waals surface area contributed by atoms with Gasteiger partial charge < -0.3 is 0 Å². The van der Waals surface area contributed by atoms with E-state index in [1.807, 2.05) is 0 Å². The van der Waals surface area contributed by atoms with E-state index in [0.29, 0.717) is 17.2 Å². The van der Waals surface area contributed by atoms with Crippen molar-refractivity contribution < 1.29 is 21.0 Å². The van der Waals surface area contributed by atoms with Crippen LogP contribution in [0.1, 0.15) is 6.42 Å². The minimum Gasteiger partial charge on any atom is -0.265 e. The quantitative estimate of drug-likeness (QED) is 0.642. The normalized spacial score (nSPS) is 27.6. The highest BCUT2D eigenvalue weighted by Crippen LogP contribution is 2.29. The molecule has 13 heavy (non-hydrogen) atoms. The number of hydrogen-bond acceptors (Lipinski definition) is 6. The number of rotatable bonds is 3. The van der Waals surface area contributed by atoms with E-state index >= 15 is 0 Å². The van der Waals surface area contributed by atoms with Crippen LogP contribution in [0.3, 0.4) is 0 Å². The molecule has 78 valence electrons. The monoisotopic (exact) mass is 246 g/mol. The van der Waals surface area contributed by atoms with Gasteiger partial charge in [0.1, 0.15) is 0 Å². The molecule has 1 heterocycles. The van der Waals surface area contributed by atoms with Crippen LogP contribution in [0.15, 0.2) is 0 Å². The molecule has 0 saturated carbocycles. The van der Waals surface area contributed by atoms with Crippen LogP contribution in [0.25, 0.3) is 0 Å². The summed E-state index contributed by atoms with van der Waals surface area (Å²) in [5.41, 5.74) is 0. The molecule has 1 aliphatic rings. The van der Waals surface area contributed by atoms with Gasteiger partial charge in [0.05, 0.1) is 18.6 Å². The topological polar surface area (TPSA) is 77.5 Å². The van der Waals surface area contributed by atoms with Gasteiger partial charge >= 0.3 is 9.15 Å². The van der Waals surface area contributed by atoms with Crippen LogP contribution in [0.5, 0.6) is 0 Å². The summed E-state index contributed by atoms with van der Waals surface area (Å²) in [5.74, 6) is 0.00412. The van der Waals surface area contributed by atoms with Gasteiger partial charge in [0.25, 0.3) is 0 Å². The lowest BCUT2D eigenvalue weighted by molar-refractivity contribution is 0.413. The predicted molar refractivity (Wildman–Crippen MR) is 50.6 cm³/mol. The van der Waals surface area contributed by atoms with Crippen molar-refractivity contribution in [1.82, 2.24) is 0 Å². The van der Waals surface area contributed by atoms with E-state index in [1.54, 1.807) is 0 Å². The zero-order valence-corrected chi connectivity index (χ0v) is 9.41. The Morgan fingerprint density at radius 1 is 1.46 bits per heavy atom. The smallest absolute Gasteiger partial charge is 0.265 e. The second-order valence-electron chi connectivity index (χ2n) is 2.70. The second-order valence-corrected chi connectivity index (χ2v) is 8.74. The third-order valence-electron chi connectivity index (χ3n) is 1.65. The van der Waals surface area contributed by atoms with Gasteiger partial charge in [-0.25, -0.2) is 8.42 Å². The van der Waals surface area contributed by atoms with E-state index in [1.165, 1.54) is 0 Å². The highest BCUT2D eigenvalue weighted by Gasteiger charge is 2.32. The third kappa shape index (κ3) is 3.45. The first-order valence-corrected chi connectivity index (χ1v) is 8.16. The summed E-state index contributed by atoms with van der Waals surface area (Å²) in [6, 6.07) is 0. The Bertz CT molecular complexity index is 367. The fourth-order valence-electron chi connectivity index (χ4n) is 1.04. The van der Waals surface area contributed by atoms with E-state index in [0.717, 1.165) is 7.11 Å². The Morgan fingerprint density at radius 2 is 2.08 bits per heavy atom. The maximum Gasteiger partial charge on any atom is 0.322 e. The predicted octanol–water partition coefficient (Wildman–Crippen LogP) is -0.202. The molecular weight excluding hydrogens is 236 g/mol. The third-order valence-corrected chi connectivity index (χ3v) is 6.88. The van der Waals surface area contributed by atoms with E-state index < -0.39 is 19.0 Å². The van der Waals surface area contributed by atoms with Crippen molar-refractivity contribution in [1.29, 1.82) is 0 Å². The summed E-state index contributed by atoms with van der Waals surface area (Å²) in [5, 5.41) is -0.380. The van der Waals surface area contributed by atoms with E-state index in [9.17, 15) is 16.8 Å². The first kappa shape index (κ1) is 11.3. The minimum absolute atomic E-state index is 0.0692. The SMILES string of the molecule is COS(=O)(=O)SC1CCS(=O)(=O)C1. The Balaban J connectivity index is 2.60. The minimum atomic E-state index is -3.60. The molecule has 0 amide bonds. The molecule has 0 bridgehead atoms. The van der Waals surface area contributed by atoms with Gasteiger partial charge in [-0.05, 0) is 6.42 Å². The molecule has 1 atom stereocenters. The summed E-state index contributed by atoms with van der Waals surface area (Å²) in [4.78, 5) is 0. The summed E-state index contributed by atoms with van der Waals surface area (Å²) in [6.45, 7) is 0. The Morgan fingerprint density at radius 3 is 2.46 bits per heavy atom. The molecule has 8 heteroatoms. The second kappa shape index (κ2) is 3.76. The summed E-state index contributed by atoms with van der Waals surface area (Å²) < 4.78 is 48.0. The van der Waals surface area contributed by atoms with Crippen LogP contribution in [0.4, 0.5) is 0 Å². The molecule has 0 aliphatic carbocycles. The number of hydrogen-bond donors (Lipinski definition) is 0. The molecule has 0 aromatic rings. The van der Waals surface area contributed by atoms with Crippen molar-refractivity contribution >= 4 is 29.8 Å². The van der Waals surface area contributed by atoms with Crippen LogP contribution in [-0.2, 0) is 23.2 Å². The molecule has 0 spiro atoms. The maximum atomic E-state index is 11.0. The summed E-state index contributed by atoms with van der Waals surface area (Å²) in [6.07, 6.45) is 0.385. The molecule has 0 aromatic heterocycles. The summed E-state index contributed by atoms with van der Waals surface area (Å²) in [7, 11) is -4.97. The van der Waals surface area contributed by atoms with Gasteiger partial charge in [-0.15, -0.1) is 0 Å². The van der Waals surface area contributed by atoms with Crippen molar-refractivity contribution in [2.24, 2.45) is 0 Å². The van der Waals surface area contributed by atoms with Crippen molar-refractivity contribution in [3.8, 4) is 0 Å². The molecule has 0 radical (unpaired) electrons. The van der Waals surface area contributed by atoms with E-state index in [4.69, 9.17) is 0 Å². The Hall–Kier alpha value is 0.210. The standard InChI is InChI=1S/C5H10O5S3/c1-10-13(8,9)11-5-2-3-12(6,7)4-5/h5H,2-4H2,1H3. The fraction of sp³-hybridized carbons (Fsp3) is 1.00. The lowest BCUT2D eigenvalue weighted by Crippen LogP contribution is -2.10. The van der Waals surface area contributed by atoms with Crippen LogP contribution in [-0.4, -0.2) is 40.7 Å². The van der Waals surface area contributed by atoms with Crippen LogP contribution in [0.2, 0.25) is 0 Å². The molecule has 0 aromatic carbocycles. The average Bonchev–Trinajstić information content (AvgIpc) is 2.29. The van der Waals surface area contributed by atoms with E-state index in [-0.39, 0.29) is 16.8 Å². The van der Waals surface area contributed by atoms with Gasteiger partial charge in [-0.2, -0.15) is 8.42 Å². The molecule has 1 saturated heterocycles. The van der Waals surface area contributed by atoms with Gasteiger partial charge in [0, 0.05) is 16.0 Å². The molecule has 1 aliphatic heterocycles. The lowest BCUT2D eigenvalue weighted by Gasteiger charge is -2.04. The van der Waals surface area contributed by atoms with Gasteiger partial charge in [-0.3, -0.25) is 4.18 Å². The fourth-order valence-corrected chi connectivity index (χ4v) is 6.23. The average molecular weight is 246 g/mol. The van der Waals surface area contributed by atoms with Crippen molar-refractivity contribution in [2.75, 3.05) is 18.6 Å². The maximum absolute atomic E-state index is 11.0. The lowest BCUT2D eigenvalue weighted by atomic mass is 10.4. The van der Waals surface area contributed by atoms with Gasteiger partial charge in [0.15, 0.2) is 9.84 Å². The van der Waals surface area contributed by atoms with Crippen molar-refractivity contribution in [3.05, 3.63) is 0 Å². The van der Waals surface area contributed by atoms with Gasteiger partial charge in [-0.1, -0.05) is 0 Å². The molecule has 5 nitrogen and oxygen atoms in total. The molecule has 1 unspecified atom stereocenters. The van der Waals surface area contributed by atoms with Crippen molar-refractivity contribution in [2.45, 2.75) is 11.7 Å². The first-order valence-electron chi connectivity index (χ1n) is 3.54. The van der Waals surface area contributed by atoms with Crippen molar-refractivity contribution in [3.63, 3.8) is 0 Å². The zero-order chi connectivity index (χ0) is 10.1. The Labute approximate surface area is 81.3 Å². The highest BCUT2D eigenvalue weighted by atomic mass is 33.1. The van der Waals surface area contributed by atoms with Crippen LogP contribution >= 0.6 is 10.8 Å². The van der Waals surface area contributed by atoms with Crippen LogP contribution in [0, 0.1) is 0 Å². The summed E-state index contributed by atoms with van der Waals surface area (Å²) >= 11 is 0. The largest absolute Gasteiger partial charge is 0.322 e. The van der Waals surface area contributed by atoms with E-state index in [2.05, 4.69) is 4.18 Å². The van der Waals surface area contributed by atoms with Crippen LogP contribution < -0.4 is 0 Å². The van der Waals surface area contributed by atoms with Gasteiger partial charge in [0.2, 0.25) is 0 Å². The molecule has 0 N–H and O–H groups in total. The zero-order valence-electron chi connectivity index (χ0n) is 6.96.